The van der Waals surface area contributed by atoms with Crippen LogP contribution in [0.2, 0.25) is 5.02 Å². The summed E-state index contributed by atoms with van der Waals surface area (Å²) >= 11 is 6.48. The van der Waals surface area contributed by atoms with Gasteiger partial charge in [0.2, 0.25) is 0 Å². The predicted molar refractivity (Wildman–Crippen MR) is 124 cm³/mol. The number of aromatic nitrogens is 2. The lowest BCUT2D eigenvalue weighted by molar-refractivity contribution is -0.134. The summed E-state index contributed by atoms with van der Waals surface area (Å²) in [6.45, 7) is 0.794. The normalized spacial score (nSPS) is 20.6. The van der Waals surface area contributed by atoms with Crippen molar-refractivity contribution >= 4 is 17.5 Å². The highest BCUT2D eigenvalue weighted by Gasteiger charge is 2.33. The van der Waals surface area contributed by atoms with Crippen molar-refractivity contribution in [2.75, 3.05) is 6.54 Å². The first-order valence-electron chi connectivity index (χ1n) is 11.7. The van der Waals surface area contributed by atoms with E-state index in [1.165, 1.54) is 16.8 Å². The maximum Gasteiger partial charge on any atom is 0.389 e. The molecule has 3 rings (SSSR count). The highest BCUT2D eigenvalue weighted by Crippen LogP contribution is 2.39. The number of hydrogen-bond donors (Lipinski definition) is 2. The van der Waals surface area contributed by atoms with E-state index < -0.39 is 37.1 Å². The molecule has 0 radical (unpaired) electrons. The number of alkyl halides is 5. The molecule has 2 aromatic rings. The summed E-state index contributed by atoms with van der Waals surface area (Å²) in [5.41, 5.74) is -0.865. The molecule has 0 aliphatic heterocycles. The van der Waals surface area contributed by atoms with E-state index in [1.807, 2.05) is 0 Å². The van der Waals surface area contributed by atoms with Gasteiger partial charge >= 0.3 is 12.8 Å². The topological polar surface area (TPSA) is 76.4 Å². The number of halogens is 6. The highest BCUT2D eigenvalue weighted by molar-refractivity contribution is 6.36. The average Bonchev–Trinajstić information content (AvgIpc) is 3.14. The molecule has 0 bridgehead atoms. The third-order valence-electron chi connectivity index (χ3n) is 6.41. The van der Waals surface area contributed by atoms with Gasteiger partial charge in [0, 0.05) is 25.1 Å². The second-order valence-corrected chi connectivity index (χ2v) is 9.62. The Morgan fingerprint density at radius 1 is 1.33 bits per heavy atom. The van der Waals surface area contributed by atoms with Crippen LogP contribution in [-0.2, 0) is 13.0 Å². The lowest BCUT2D eigenvalue weighted by Crippen LogP contribution is -2.45. The summed E-state index contributed by atoms with van der Waals surface area (Å²) < 4.78 is 70.0. The number of benzene rings is 1. The zero-order chi connectivity index (χ0) is 26.7. The van der Waals surface area contributed by atoms with Gasteiger partial charge in [0.1, 0.15) is 5.75 Å². The van der Waals surface area contributed by atoms with E-state index in [2.05, 4.69) is 22.1 Å². The van der Waals surface area contributed by atoms with Gasteiger partial charge in [-0.15, -0.1) is 0 Å². The van der Waals surface area contributed by atoms with E-state index in [4.69, 9.17) is 11.6 Å². The zero-order valence-electron chi connectivity index (χ0n) is 20.0. The van der Waals surface area contributed by atoms with Crippen molar-refractivity contribution in [1.82, 2.24) is 15.1 Å². The van der Waals surface area contributed by atoms with E-state index in [9.17, 15) is 31.9 Å². The van der Waals surface area contributed by atoms with Gasteiger partial charge in [-0.05, 0) is 62.6 Å². The van der Waals surface area contributed by atoms with Gasteiger partial charge in [-0.25, -0.2) is 0 Å². The number of hydrogen-bond acceptors (Lipinski definition) is 4. The van der Waals surface area contributed by atoms with Gasteiger partial charge in [-0.1, -0.05) is 24.6 Å². The van der Waals surface area contributed by atoms with Gasteiger partial charge < -0.3 is 15.2 Å². The van der Waals surface area contributed by atoms with E-state index in [1.54, 1.807) is 6.92 Å². The summed E-state index contributed by atoms with van der Waals surface area (Å²) in [7, 11) is 0. The Balaban J connectivity index is 1.89. The van der Waals surface area contributed by atoms with Crippen LogP contribution >= 0.6 is 11.6 Å². The van der Waals surface area contributed by atoms with Gasteiger partial charge in [-0.3, -0.25) is 9.48 Å². The van der Waals surface area contributed by atoms with Crippen molar-refractivity contribution in [2.24, 2.45) is 5.92 Å². The van der Waals surface area contributed by atoms with Gasteiger partial charge in [0.25, 0.3) is 5.91 Å². The standard InChI is InChI=1S/C24H29ClF5N3O3/c1-3-33-20(16-5-4-15(8-11-24(28,29)30)12-17(16)36-22(26)27)18(25)19(32-33)21(34)31-13-23(35)9-6-14(2)7-10-23/h4-5,12,14,22,35H,3,6-11,13H2,1-2H3,(H,31,34). The van der Waals surface area contributed by atoms with Crippen molar-refractivity contribution in [3.05, 3.63) is 34.5 Å². The van der Waals surface area contributed by atoms with Crippen molar-refractivity contribution in [3.8, 4) is 17.0 Å². The second kappa shape index (κ2) is 11.3. The third kappa shape index (κ3) is 7.09. The lowest BCUT2D eigenvalue weighted by Gasteiger charge is -2.34. The molecule has 12 heteroatoms. The lowest BCUT2D eigenvalue weighted by atomic mass is 9.79. The number of carbonyl (C=O) groups is 1. The fourth-order valence-corrected chi connectivity index (χ4v) is 4.60. The minimum absolute atomic E-state index is 0.0108. The Hall–Kier alpha value is -2.40. The maximum absolute atomic E-state index is 13.1. The molecule has 0 spiro atoms. The number of aliphatic hydroxyl groups is 1. The number of nitrogens with zero attached hydrogens (tertiary/aromatic N) is 2. The van der Waals surface area contributed by atoms with Crippen LogP contribution in [0.1, 0.15) is 62.0 Å². The molecule has 2 N–H and O–H groups in total. The van der Waals surface area contributed by atoms with Gasteiger partial charge in [0.05, 0.1) is 16.3 Å². The number of carbonyl (C=O) groups excluding carboxylic acids is 1. The minimum Gasteiger partial charge on any atom is -0.434 e. The number of ether oxygens (including phenoxy) is 1. The number of amides is 1. The fraction of sp³-hybridized carbons (Fsp3) is 0.583. The Morgan fingerprint density at radius 2 is 2.00 bits per heavy atom. The quantitative estimate of drug-likeness (QED) is 0.385. The molecule has 1 saturated carbocycles. The Labute approximate surface area is 210 Å². The first-order valence-corrected chi connectivity index (χ1v) is 12.1. The third-order valence-corrected chi connectivity index (χ3v) is 6.76. The van der Waals surface area contributed by atoms with Gasteiger partial charge in [0.15, 0.2) is 5.69 Å². The number of aryl methyl sites for hydroxylation is 2. The van der Waals surface area contributed by atoms with Crippen LogP contribution in [0, 0.1) is 5.92 Å². The molecule has 200 valence electrons. The maximum atomic E-state index is 13.1. The number of nitrogens with one attached hydrogen (secondary N) is 1. The number of rotatable bonds is 9. The van der Waals surface area contributed by atoms with Crippen LogP contribution in [0.5, 0.6) is 5.75 Å². The molecule has 1 aromatic carbocycles. The van der Waals surface area contributed by atoms with E-state index in [0.29, 0.717) is 18.8 Å². The van der Waals surface area contributed by atoms with E-state index >= 15 is 0 Å². The molecule has 1 heterocycles. The molecule has 1 amide bonds. The Kier molecular flexibility index (Phi) is 8.87. The molecule has 1 fully saturated rings. The Morgan fingerprint density at radius 3 is 2.58 bits per heavy atom. The second-order valence-electron chi connectivity index (χ2n) is 9.24. The molecule has 0 atom stereocenters. The Bertz CT molecular complexity index is 1070. The van der Waals surface area contributed by atoms with Crippen LogP contribution < -0.4 is 10.1 Å². The first-order chi connectivity index (χ1) is 16.8. The summed E-state index contributed by atoms with van der Waals surface area (Å²) in [5, 5.41) is 17.5. The van der Waals surface area contributed by atoms with Crippen LogP contribution in [0.15, 0.2) is 18.2 Å². The monoisotopic (exact) mass is 537 g/mol. The van der Waals surface area contributed by atoms with Gasteiger partial charge in [-0.2, -0.15) is 27.1 Å². The van der Waals surface area contributed by atoms with E-state index in [0.717, 1.165) is 18.9 Å². The molecule has 1 aliphatic rings. The van der Waals surface area contributed by atoms with Crippen LogP contribution in [0.4, 0.5) is 22.0 Å². The summed E-state index contributed by atoms with van der Waals surface area (Å²) in [4.78, 5) is 12.9. The van der Waals surface area contributed by atoms with Crippen molar-refractivity contribution in [1.29, 1.82) is 0 Å². The molecule has 6 nitrogen and oxygen atoms in total. The molecule has 1 aliphatic carbocycles. The molecule has 0 unspecified atom stereocenters. The minimum atomic E-state index is -4.40. The zero-order valence-corrected chi connectivity index (χ0v) is 20.7. The van der Waals surface area contributed by atoms with Crippen LogP contribution in [-0.4, -0.2) is 45.7 Å². The first kappa shape index (κ1) is 28.2. The molecule has 0 saturated heterocycles. The largest absolute Gasteiger partial charge is 0.434 e. The average molecular weight is 538 g/mol. The summed E-state index contributed by atoms with van der Waals surface area (Å²) in [6, 6.07) is 3.80. The predicted octanol–water partition coefficient (Wildman–Crippen LogP) is 5.99. The van der Waals surface area contributed by atoms with Crippen molar-refractivity contribution in [3.63, 3.8) is 0 Å². The molecular formula is C24H29ClF5N3O3. The van der Waals surface area contributed by atoms with Crippen molar-refractivity contribution in [2.45, 2.75) is 77.3 Å². The van der Waals surface area contributed by atoms with Crippen LogP contribution in [0.3, 0.4) is 0 Å². The SMILES string of the molecule is CCn1nc(C(=O)NCC2(O)CCC(C)CC2)c(Cl)c1-c1ccc(CCC(F)(F)F)cc1OC(F)F. The van der Waals surface area contributed by atoms with E-state index in [-0.39, 0.29) is 46.4 Å². The molecule has 1 aromatic heterocycles. The smallest absolute Gasteiger partial charge is 0.389 e. The fourth-order valence-electron chi connectivity index (χ4n) is 4.27. The van der Waals surface area contributed by atoms with Crippen LogP contribution in [0.25, 0.3) is 11.3 Å². The summed E-state index contributed by atoms with van der Waals surface area (Å²) in [6.07, 6.45) is -3.17. The summed E-state index contributed by atoms with van der Waals surface area (Å²) in [5.74, 6) is -0.514. The molecular weight excluding hydrogens is 509 g/mol. The highest BCUT2D eigenvalue weighted by atomic mass is 35.5. The molecule has 36 heavy (non-hydrogen) atoms. The van der Waals surface area contributed by atoms with Crippen molar-refractivity contribution < 1.29 is 36.6 Å².